The minimum atomic E-state index is -4.74. The number of piperazine rings is 1. The molecule has 76 heavy (non-hydrogen) atoms. The number of anilines is 2. The molecule has 0 saturated carbocycles. The second-order valence-corrected chi connectivity index (χ2v) is 18.2. The summed E-state index contributed by atoms with van der Waals surface area (Å²) in [6.45, 7) is 0.830. The summed E-state index contributed by atoms with van der Waals surface area (Å²) in [6, 6.07) is 21.7. The third-order valence-electron chi connectivity index (χ3n) is 12.4. The number of halogens is 12. The van der Waals surface area contributed by atoms with Gasteiger partial charge < -0.3 is 34.3 Å². The SMILES string of the molecule is C.OC(c1ccc(N2CCN(c3ccc(-c4ccc(C(F)(F)[C@](O)(Cn5cnnc5)c5ccc(F)cc5F)nc4)cc3)CC2)cc1)C(F)(F)F.O[C@@](Cn1cnnc1)(c1ccc(F)cc1F)C(F)(F)c1ccc(Br)cn1. The van der Waals surface area contributed by atoms with Gasteiger partial charge in [0.1, 0.15) is 60.0 Å². The molecule has 13 nitrogen and oxygen atoms in total. The van der Waals surface area contributed by atoms with Crippen molar-refractivity contribution in [2.75, 3.05) is 36.0 Å². The minimum Gasteiger partial charge on any atom is -0.379 e. The third kappa shape index (κ3) is 11.7. The molecule has 0 amide bonds. The van der Waals surface area contributed by atoms with Crippen molar-refractivity contribution in [3.8, 4) is 11.1 Å². The lowest BCUT2D eigenvalue weighted by Crippen LogP contribution is -2.47. The molecule has 1 unspecified atom stereocenters. The highest BCUT2D eigenvalue weighted by molar-refractivity contribution is 9.10. The first-order valence-electron chi connectivity index (χ1n) is 22.3. The first-order chi connectivity index (χ1) is 35.5. The van der Waals surface area contributed by atoms with E-state index < -0.39 is 94.2 Å². The van der Waals surface area contributed by atoms with Crippen molar-refractivity contribution < 1.29 is 63.6 Å². The van der Waals surface area contributed by atoms with E-state index in [4.69, 9.17) is 0 Å². The van der Waals surface area contributed by atoms with Gasteiger partial charge in [-0.05, 0) is 93.8 Å². The predicted octanol–water partition coefficient (Wildman–Crippen LogP) is 10.3. The van der Waals surface area contributed by atoms with Crippen LogP contribution in [-0.4, -0.2) is 87.2 Å². The van der Waals surface area contributed by atoms with Crippen LogP contribution in [0.5, 0.6) is 0 Å². The predicted molar refractivity (Wildman–Crippen MR) is 259 cm³/mol. The normalized spacial score (nSPS) is 15.2. The van der Waals surface area contributed by atoms with Gasteiger partial charge in [0, 0.05) is 83.2 Å². The van der Waals surface area contributed by atoms with Crippen LogP contribution in [0.1, 0.15) is 41.6 Å². The van der Waals surface area contributed by atoms with E-state index in [-0.39, 0.29) is 13.0 Å². The van der Waals surface area contributed by atoms with Crippen LogP contribution in [0.25, 0.3) is 11.1 Å². The maximum Gasteiger partial charge on any atom is 0.418 e. The van der Waals surface area contributed by atoms with Gasteiger partial charge in [-0.2, -0.15) is 30.7 Å². The highest BCUT2D eigenvalue weighted by Gasteiger charge is 2.59. The minimum absolute atomic E-state index is 0. The fourth-order valence-electron chi connectivity index (χ4n) is 8.37. The summed E-state index contributed by atoms with van der Waals surface area (Å²) in [7, 11) is 0. The summed E-state index contributed by atoms with van der Waals surface area (Å²) in [4.78, 5) is 11.7. The molecule has 1 saturated heterocycles. The molecule has 0 radical (unpaired) electrons. The van der Waals surface area contributed by atoms with Crippen molar-refractivity contribution in [1.82, 2.24) is 39.5 Å². The van der Waals surface area contributed by atoms with E-state index in [1.165, 1.54) is 30.5 Å². The zero-order valence-electron chi connectivity index (χ0n) is 38.5. The summed E-state index contributed by atoms with van der Waals surface area (Å²) >= 11 is 3.08. The highest BCUT2D eigenvalue weighted by atomic mass is 79.9. The molecule has 9 rings (SSSR count). The van der Waals surface area contributed by atoms with Gasteiger partial charge in [0.15, 0.2) is 17.3 Å². The number of hydrogen-bond acceptors (Lipinski definition) is 11. The van der Waals surface area contributed by atoms with Gasteiger partial charge >= 0.3 is 18.0 Å². The van der Waals surface area contributed by atoms with E-state index in [9.17, 15) is 46.1 Å². The van der Waals surface area contributed by atoms with E-state index in [1.807, 2.05) is 17.0 Å². The molecule has 4 aromatic carbocycles. The van der Waals surface area contributed by atoms with Gasteiger partial charge in [0.25, 0.3) is 0 Å². The van der Waals surface area contributed by atoms with Crippen LogP contribution in [-0.2, 0) is 36.1 Å². The summed E-state index contributed by atoms with van der Waals surface area (Å²) in [5.41, 5.74) is -6.87. The Kier molecular flexibility index (Phi) is 16.7. The van der Waals surface area contributed by atoms with Crippen molar-refractivity contribution in [3.63, 3.8) is 0 Å². The maximum atomic E-state index is 16.1. The van der Waals surface area contributed by atoms with Gasteiger partial charge in [0.05, 0.1) is 13.1 Å². The van der Waals surface area contributed by atoms with Crippen molar-refractivity contribution >= 4 is 27.3 Å². The quantitative estimate of drug-likeness (QED) is 0.0892. The van der Waals surface area contributed by atoms with E-state index in [0.29, 0.717) is 53.9 Å². The van der Waals surface area contributed by atoms with Crippen molar-refractivity contribution in [3.05, 3.63) is 203 Å². The number of pyridine rings is 2. The summed E-state index contributed by atoms with van der Waals surface area (Å²) in [6.07, 6.45) is -0.574. The number of rotatable bonds is 14. The molecule has 1 aliphatic rings. The fraction of sp³-hybridized carbons (Fsp3) is 0.255. The van der Waals surface area contributed by atoms with E-state index in [0.717, 1.165) is 88.4 Å². The van der Waals surface area contributed by atoms with Gasteiger partial charge in [0.2, 0.25) is 0 Å². The molecule has 8 aromatic rings. The standard InChI is InChI=1S/C34H29F7N6O2.C16H11BrF4N4O.CH4/c35-25-6-11-28(29(36)17-25)32(49,19-45-20-43-44-21-45)33(37,38)30-12-5-24(18-42-30)22-1-7-26(8-2-22)46-13-15-47(16-14-46)27-9-3-23(4-10-27)31(48)34(39,40)41;17-10-1-4-14(22-6-10)16(20,21)15(26,7-25-8-23-24-9-25)12-3-2-11(18)5-13(12)19;/h1-12,17-18,20-21,31,48-49H,13-16,19H2;1-6,8-9,26H,7H2;1H4/t31?,32-;15-;/m00./s1. The van der Waals surface area contributed by atoms with Crippen LogP contribution in [0.15, 0.2) is 151 Å². The first kappa shape index (κ1) is 56.4. The molecular weight excluding hydrogens is 1090 g/mol. The molecule has 5 heterocycles. The lowest BCUT2D eigenvalue weighted by atomic mass is 9.84. The average molecular weight is 1130 g/mol. The zero-order chi connectivity index (χ0) is 53.9. The highest BCUT2D eigenvalue weighted by Crippen LogP contribution is 2.48. The lowest BCUT2D eigenvalue weighted by molar-refractivity contribution is -0.206. The van der Waals surface area contributed by atoms with Crippen LogP contribution in [0.4, 0.5) is 59.7 Å². The van der Waals surface area contributed by atoms with Crippen LogP contribution >= 0.6 is 15.9 Å². The molecule has 3 N–H and O–H groups in total. The second-order valence-electron chi connectivity index (χ2n) is 17.2. The Balaban J connectivity index is 0.000000262. The number of aliphatic hydroxyl groups excluding tert-OH is 1. The van der Waals surface area contributed by atoms with Gasteiger partial charge in [-0.15, -0.1) is 20.4 Å². The first-order valence-corrected chi connectivity index (χ1v) is 23.1. The Morgan fingerprint density at radius 1 is 0.513 bits per heavy atom. The molecule has 4 aromatic heterocycles. The van der Waals surface area contributed by atoms with Crippen molar-refractivity contribution in [1.29, 1.82) is 0 Å². The van der Waals surface area contributed by atoms with Gasteiger partial charge in [-0.1, -0.05) is 37.8 Å². The number of aromatic nitrogens is 8. The largest absolute Gasteiger partial charge is 0.418 e. The molecule has 1 fully saturated rings. The smallest absolute Gasteiger partial charge is 0.379 e. The van der Waals surface area contributed by atoms with E-state index in [2.05, 4.69) is 51.2 Å². The number of aliphatic hydroxyl groups is 3. The molecule has 25 heteroatoms. The Morgan fingerprint density at radius 2 is 0.908 bits per heavy atom. The summed E-state index contributed by atoms with van der Waals surface area (Å²) < 4.78 is 160. The Labute approximate surface area is 434 Å². The summed E-state index contributed by atoms with van der Waals surface area (Å²) in [5.74, 6) is -12.8. The Hall–Kier alpha value is -7.35. The second kappa shape index (κ2) is 22.5. The topological polar surface area (TPSA) is 154 Å². The molecule has 0 aliphatic carbocycles. The van der Waals surface area contributed by atoms with E-state index >= 15 is 17.6 Å². The third-order valence-corrected chi connectivity index (χ3v) is 12.9. The van der Waals surface area contributed by atoms with Crippen LogP contribution in [0.2, 0.25) is 0 Å². The molecule has 1 aliphatic heterocycles. The van der Waals surface area contributed by atoms with Crippen molar-refractivity contribution in [2.24, 2.45) is 0 Å². The van der Waals surface area contributed by atoms with Gasteiger partial charge in [-0.25, -0.2) is 17.6 Å². The molecule has 0 spiro atoms. The summed E-state index contributed by atoms with van der Waals surface area (Å²) in [5, 5.41) is 45.9. The van der Waals surface area contributed by atoms with Crippen molar-refractivity contribution in [2.45, 2.75) is 55.8 Å². The molecular formula is C51H44BrF11N10O3. The number of alkyl halides is 7. The molecule has 0 bridgehead atoms. The van der Waals surface area contributed by atoms with Crippen LogP contribution in [0, 0.1) is 23.3 Å². The van der Waals surface area contributed by atoms with Crippen LogP contribution in [0.3, 0.4) is 0 Å². The van der Waals surface area contributed by atoms with Gasteiger partial charge in [-0.3, -0.25) is 9.97 Å². The number of hydrogen-bond donors (Lipinski definition) is 3. The monoisotopic (exact) mass is 1130 g/mol. The fourth-order valence-corrected chi connectivity index (χ4v) is 8.61. The lowest BCUT2D eigenvalue weighted by Gasteiger charge is -2.37. The zero-order valence-corrected chi connectivity index (χ0v) is 40.1. The average Bonchev–Trinajstić information content (AvgIpc) is 4.12. The Morgan fingerprint density at radius 3 is 1.28 bits per heavy atom. The number of benzene rings is 4. The Bertz CT molecular complexity index is 3170. The number of nitrogens with zero attached hydrogens (tertiary/aromatic N) is 10. The molecule has 3 atom stereocenters. The van der Waals surface area contributed by atoms with E-state index in [1.54, 1.807) is 24.3 Å². The maximum absolute atomic E-state index is 16.1. The molecule has 400 valence electrons. The van der Waals surface area contributed by atoms with Crippen LogP contribution < -0.4 is 9.80 Å².